The lowest BCUT2D eigenvalue weighted by atomic mass is 10.0. The fraction of sp³-hybridized carbons (Fsp3) is 0.333. The molecule has 0 aliphatic carbocycles. The highest BCUT2D eigenvalue weighted by molar-refractivity contribution is 6.34. The quantitative estimate of drug-likeness (QED) is 0.485. The normalized spacial score (nSPS) is 11.2. The molecule has 0 amide bonds. The van der Waals surface area contributed by atoms with Gasteiger partial charge < -0.3 is 4.74 Å². The van der Waals surface area contributed by atoms with Crippen LogP contribution in [0.3, 0.4) is 0 Å². The second-order valence-electron chi connectivity index (χ2n) is 3.60. The summed E-state index contributed by atoms with van der Waals surface area (Å²) in [4.78, 5) is 22.8. The van der Waals surface area contributed by atoms with E-state index in [9.17, 15) is 22.8 Å². The van der Waals surface area contributed by atoms with E-state index < -0.39 is 29.9 Å². The Kier molecular flexibility index (Phi) is 4.94. The van der Waals surface area contributed by atoms with Crippen LogP contribution in [0.5, 0.6) is 0 Å². The Labute approximate surface area is 112 Å². The van der Waals surface area contributed by atoms with Crippen LogP contribution in [0.15, 0.2) is 18.2 Å². The number of carbonyl (C=O) groups is 2. The van der Waals surface area contributed by atoms with Crippen LogP contribution in [0, 0.1) is 0 Å². The summed E-state index contributed by atoms with van der Waals surface area (Å²) in [5.74, 6) is -1.62. The van der Waals surface area contributed by atoms with E-state index in [2.05, 4.69) is 4.74 Å². The van der Waals surface area contributed by atoms with E-state index in [0.717, 1.165) is 12.1 Å². The molecule has 0 atom stereocenters. The average molecular weight is 295 g/mol. The maximum Gasteiger partial charge on any atom is 0.416 e. The monoisotopic (exact) mass is 294 g/mol. The topological polar surface area (TPSA) is 43.4 Å². The molecule has 0 saturated carbocycles. The Morgan fingerprint density at radius 1 is 1.32 bits per heavy atom. The predicted molar refractivity (Wildman–Crippen MR) is 62.0 cm³/mol. The van der Waals surface area contributed by atoms with Crippen molar-refractivity contribution in [2.24, 2.45) is 0 Å². The second kappa shape index (κ2) is 6.06. The maximum absolute atomic E-state index is 12.5. The van der Waals surface area contributed by atoms with Crippen LogP contribution < -0.4 is 0 Å². The first-order valence-electron chi connectivity index (χ1n) is 5.31. The third-order valence-electron chi connectivity index (χ3n) is 2.20. The number of carbonyl (C=O) groups excluding carboxylic acids is 2. The van der Waals surface area contributed by atoms with Crippen molar-refractivity contribution in [3.05, 3.63) is 34.3 Å². The molecule has 104 valence electrons. The SMILES string of the molecule is CCOC(=O)CC(=O)c1cc(C(F)(F)F)ccc1Cl. The predicted octanol–water partition coefficient (Wildman–Crippen LogP) is 3.49. The standard InChI is InChI=1S/C12H10ClF3O3/c1-2-19-11(18)6-10(17)8-5-7(12(14,15)16)3-4-9(8)13/h3-5H,2,6H2,1H3. The Morgan fingerprint density at radius 2 is 1.95 bits per heavy atom. The van der Waals surface area contributed by atoms with Gasteiger partial charge in [-0.15, -0.1) is 0 Å². The minimum absolute atomic E-state index is 0.0858. The number of Topliss-reactive ketones (excluding diaryl/α,β-unsaturated/α-hetero) is 1. The van der Waals surface area contributed by atoms with Gasteiger partial charge in [-0.2, -0.15) is 13.2 Å². The average Bonchev–Trinajstić information content (AvgIpc) is 2.27. The summed E-state index contributed by atoms with van der Waals surface area (Å²) in [6.07, 6.45) is -5.22. The van der Waals surface area contributed by atoms with Gasteiger partial charge in [0, 0.05) is 5.56 Å². The number of benzene rings is 1. The van der Waals surface area contributed by atoms with E-state index in [-0.39, 0.29) is 17.2 Å². The van der Waals surface area contributed by atoms with Gasteiger partial charge in [0.15, 0.2) is 5.78 Å². The van der Waals surface area contributed by atoms with Gasteiger partial charge in [-0.25, -0.2) is 0 Å². The first-order valence-corrected chi connectivity index (χ1v) is 5.69. The minimum atomic E-state index is -4.58. The molecule has 3 nitrogen and oxygen atoms in total. The molecule has 0 N–H and O–H groups in total. The van der Waals surface area contributed by atoms with E-state index in [1.165, 1.54) is 0 Å². The highest BCUT2D eigenvalue weighted by Gasteiger charge is 2.31. The van der Waals surface area contributed by atoms with Crippen LogP contribution in [0.1, 0.15) is 29.3 Å². The molecule has 0 radical (unpaired) electrons. The molecule has 7 heteroatoms. The number of ether oxygens (including phenoxy) is 1. The zero-order valence-corrected chi connectivity index (χ0v) is 10.6. The van der Waals surface area contributed by atoms with Gasteiger partial charge in [-0.05, 0) is 25.1 Å². The molecule has 1 aromatic carbocycles. The molecule has 1 aromatic rings. The first kappa shape index (κ1) is 15.5. The van der Waals surface area contributed by atoms with E-state index in [4.69, 9.17) is 11.6 Å². The van der Waals surface area contributed by atoms with Gasteiger partial charge >= 0.3 is 12.1 Å². The lowest BCUT2D eigenvalue weighted by molar-refractivity contribution is -0.142. The van der Waals surface area contributed by atoms with Gasteiger partial charge in [-0.3, -0.25) is 9.59 Å². The maximum atomic E-state index is 12.5. The van der Waals surface area contributed by atoms with Gasteiger partial charge in [0.25, 0.3) is 0 Å². The number of hydrogen-bond acceptors (Lipinski definition) is 3. The van der Waals surface area contributed by atoms with Gasteiger partial charge in [0.05, 0.1) is 17.2 Å². The largest absolute Gasteiger partial charge is 0.466 e. The van der Waals surface area contributed by atoms with Gasteiger partial charge in [0.2, 0.25) is 0 Å². The summed E-state index contributed by atoms with van der Waals surface area (Å²) in [6, 6.07) is 2.37. The highest BCUT2D eigenvalue weighted by Crippen LogP contribution is 2.32. The zero-order valence-electron chi connectivity index (χ0n) is 9.88. The highest BCUT2D eigenvalue weighted by atomic mass is 35.5. The van der Waals surface area contributed by atoms with Crippen molar-refractivity contribution in [1.29, 1.82) is 0 Å². The molecule has 0 aliphatic rings. The summed E-state index contributed by atoms with van der Waals surface area (Å²) in [7, 11) is 0. The molecule has 0 aliphatic heterocycles. The summed E-state index contributed by atoms with van der Waals surface area (Å²) in [5, 5.41) is -0.137. The molecular formula is C12H10ClF3O3. The summed E-state index contributed by atoms with van der Waals surface area (Å²) >= 11 is 5.66. The Bertz CT molecular complexity index is 497. The van der Waals surface area contributed by atoms with Crippen molar-refractivity contribution in [3.63, 3.8) is 0 Å². The second-order valence-corrected chi connectivity index (χ2v) is 4.00. The number of hydrogen-bond donors (Lipinski definition) is 0. The van der Waals surface area contributed by atoms with Crippen molar-refractivity contribution in [3.8, 4) is 0 Å². The Hall–Kier alpha value is -1.56. The molecule has 0 unspecified atom stereocenters. The molecule has 19 heavy (non-hydrogen) atoms. The van der Waals surface area contributed by atoms with Crippen LogP contribution in [0.25, 0.3) is 0 Å². The van der Waals surface area contributed by atoms with Crippen molar-refractivity contribution in [2.75, 3.05) is 6.61 Å². The van der Waals surface area contributed by atoms with Crippen molar-refractivity contribution < 1.29 is 27.5 Å². The smallest absolute Gasteiger partial charge is 0.416 e. The third kappa shape index (κ3) is 4.24. The van der Waals surface area contributed by atoms with Crippen LogP contribution in [-0.2, 0) is 15.7 Å². The van der Waals surface area contributed by atoms with Crippen molar-refractivity contribution in [2.45, 2.75) is 19.5 Å². The lowest BCUT2D eigenvalue weighted by Crippen LogP contribution is -2.13. The van der Waals surface area contributed by atoms with Crippen LogP contribution in [0.4, 0.5) is 13.2 Å². The van der Waals surface area contributed by atoms with Gasteiger partial charge in [-0.1, -0.05) is 11.6 Å². The fourth-order valence-electron chi connectivity index (χ4n) is 1.35. The zero-order chi connectivity index (χ0) is 14.6. The van der Waals surface area contributed by atoms with Crippen molar-refractivity contribution in [1.82, 2.24) is 0 Å². The first-order chi connectivity index (χ1) is 8.75. The lowest BCUT2D eigenvalue weighted by Gasteiger charge is -2.09. The fourth-order valence-corrected chi connectivity index (χ4v) is 1.58. The molecule has 0 aromatic heterocycles. The molecule has 0 saturated heterocycles. The molecule has 0 fully saturated rings. The molecule has 0 spiro atoms. The number of alkyl halides is 3. The van der Waals surface area contributed by atoms with E-state index in [1.54, 1.807) is 6.92 Å². The summed E-state index contributed by atoms with van der Waals surface area (Å²) in [5.41, 5.74) is -1.34. The molecule has 0 bridgehead atoms. The number of ketones is 1. The molecule has 1 rings (SSSR count). The number of esters is 1. The number of halogens is 4. The summed E-state index contributed by atoms with van der Waals surface area (Å²) in [6.45, 7) is 1.64. The van der Waals surface area contributed by atoms with E-state index in [1.807, 2.05) is 0 Å². The third-order valence-corrected chi connectivity index (χ3v) is 2.53. The van der Waals surface area contributed by atoms with Crippen LogP contribution >= 0.6 is 11.6 Å². The molecule has 0 heterocycles. The van der Waals surface area contributed by atoms with Gasteiger partial charge in [0.1, 0.15) is 6.42 Å². The van der Waals surface area contributed by atoms with E-state index in [0.29, 0.717) is 6.07 Å². The summed E-state index contributed by atoms with van der Waals surface area (Å²) < 4.78 is 42.0. The van der Waals surface area contributed by atoms with E-state index >= 15 is 0 Å². The Balaban J connectivity index is 2.99. The molecular weight excluding hydrogens is 285 g/mol. The van der Waals surface area contributed by atoms with Crippen molar-refractivity contribution >= 4 is 23.4 Å². The number of rotatable bonds is 4. The van der Waals surface area contributed by atoms with Crippen LogP contribution in [0.2, 0.25) is 5.02 Å². The Morgan fingerprint density at radius 3 is 2.47 bits per heavy atom. The minimum Gasteiger partial charge on any atom is -0.466 e. The van der Waals surface area contributed by atoms with Crippen LogP contribution in [-0.4, -0.2) is 18.4 Å².